The Morgan fingerprint density at radius 1 is 1.50 bits per heavy atom. The monoisotopic (exact) mass is 163 g/mol. The van der Waals surface area contributed by atoms with Crippen molar-refractivity contribution in [1.29, 1.82) is 0 Å². The number of hydrogen-bond donors (Lipinski definition) is 0. The number of benzene rings is 1. The molecule has 0 spiro atoms. The van der Waals surface area contributed by atoms with Crippen LogP contribution in [0.2, 0.25) is 0 Å². The Labute approximate surface area is 74.4 Å². The summed E-state index contributed by atoms with van der Waals surface area (Å²) in [5.41, 5.74) is 1.24. The molecule has 1 aromatic carbocycles. The third kappa shape index (κ3) is 2.00. The molecule has 0 heterocycles. The molecule has 1 aromatic rings. The molecule has 0 aliphatic heterocycles. The average Bonchev–Trinajstić information content (AvgIpc) is 2.05. The van der Waals surface area contributed by atoms with Crippen LogP contribution in [0.25, 0.3) is 0 Å². The molecule has 1 radical (unpaired) electrons. The van der Waals surface area contributed by atoms with Gasteiger partial charge in [0.1, 0.15) is 5.75 Å². The zero-order chi connectivity index (χ0) is 8.97. The van der Waals surface area contributed by atoms with Crippen molar-refractivity contribution in [2.45, 2.75) is 26.7 Å². The van der Waals surface area contributed by atoms with Gasteiger partial charge < -0.3 is 4.74 Å². The largest absolute Gasteiger partial charge is 0.493 e. The molecule has 0 aromatic heterocycles. The number of para-hydroxylation sites is 1. The number of hydrogen-bond acceptors (Lipinski definition) is 1. The summed E-state index contributed by atoms with van der Waals surface area (Å²) >= 11 is 0. The van der Waals surface area contributed by atoms with E-state index in [2.05, 4.69) is 26.0 Å². The van der Waals surface area contributed by atoms with Gasteiger partial charge in [-0.25, -0.2) is 0 Å². The van der Waals surface area contributed by atoms with Gasteiger partial charge in [0, 0.05) is 6.07 Å². The van der Waals surface area contributed by atoms with Gasteiger partial charge in [0.15, 0.2) is 0 Å². The second-order valence-corrected chi connectivity index (χ2v) is 3.04. The van der Waals surface area contributed by atoms with Crippen LogP contribution in [0.4, 0.5) is 0 Å². The third-order valence-electron chi connectivity index (χ3n) is 1.76. The molecule has 0 aliphatic rings. The van der Waals surface area contributed by atoms with Crippen LogP contribution in [-0.2, 0) is 0 Å². The fourth-order valence-corrected chi connectivity index (χ4v) is 1.16. The summed E-state index contributed by atoms with van der Waals surface area (Å²) in [7, 11) is 0. The van der Waals surface area contributed by atoms with Gasteiger partial charge in [-0.2, -0.15) is 0 Å². The molecule has 0 saturated heterocycles. The molecule has 65 valence electrons. The molecule has 0 unspecified atom stereocenters. The summed E-state index contributed by atoms with van der Waals surface area (Å²) in [6.45, 7) is 7.02. The van der Waals surface area contributed by atoms with Crippen LogP contribution in [-0.4, -0.2) is 6.61 Å². The molecule has 1 heteroatoms. The molecule has 0 aliphatic carbocycles. The van der Waals surface area contributed by atoms with Crippen LogP contribution in [0.3, 0.4) is 0 Å². The van der Waals surface area contributed by atoms with Crippen molar-refractivity contribution in [2.24, 2.45) is 0 Å². The van der Waals surface area contributed by atoms with Crippen molar-refractivity contribution >= 4 is 0 Å². The quantitative estimate of drug-likeness (QED) is 0.665. The van der Waals surface area contributed by atoms with E-state index >= 15 is 0 Å². The van der Waals surface area contributed by atoms with E-state index in [0.717, 1.165) is 5.75 Å². The van der Waals surface area contributed by atoms with Crippen LogP contribution < -0.4 is 4.74 Å². The molecule has 0 fully saturated rings. The SMILES string of the molecule is CCOc1[c]cccc1C(C)C. The number of ether oxygens (including phenoxy) is 1. The van der Waals surface area contributed by atoms with Gasteiger partial charge in [-0.3, -0.25) is 0 Å². The maximum absolute atomic E-state index is 5.44. The minimum absolute atomic E-state index is 0.504. The lowest BCUT2D eigenvalue weighted by Gasteiger charge is -2.11. The average molecular weight is 163 g/mol. The molecule has 0 amide bonds. The van der Waals surface area contributed by atoms with Crippen molar-refractivity contribution in [1.82, 2.24) is 0 Å². The van der Waals surface area contributed by atoms with E-state index in [1.807, 2.05) is 19.1 Å². The highest BCUT2D eigenvalue weighted by molar-refractivity contribution is 5.34. The van der Waals surface area contributed by atoms with Crippen LogP contribution in [0.15, 0.2) is 18.2 Å². The van der Waals surface area contributed by atoms with Gasteiger partial charge in [-0.15, -0.1) is 0 Å². The molecule has 0 saturated carbocycles. The Morgan fingerprint density at radius 2 is 2.25 bits per heavy atom. The molecule has 12 heavy (non-hydrogen) atoms. The predicted molar refractivity (Wildman–Crippen MR) is 50.5 cm³/mol. The molecule has 1 rings (SSSR count). The van der Waals surface area contributed by atoms with Crippen LogP contribution >= 0.6 is 0 Å². The first-order valence-corrected chi connectivity index (χ1v) is 4.39. The van der Waals surface area contributed by atoms with Crippen LogP contribution in [0.5, 0.6) is 5.75 Å². The highest BCUT2D eigenvalue weighted by Gasteiger charge is 2.05. The van der Waals surface area contributed by atoms with Crippen LogP contribution in [0.1, 0.15) is 32.3 Å². The summed E-state index contributed by atoms with van der Waals surface area (Å²) in [5.74, 6) is 1.40. The van der Waals surface area contributed by atoms with Gasteiger partial charge in [0.25, 0.3) is 0 Å². The van der Waals surface area contributed by atoms with Gasteiger partial charge >= 0.3 is 0 Å². The smallest absolute Gasteiger partial charge is 0.130 e. The van der Waals surface area contributed by atoms with E-state index in [0.29, 0.717) is 12.5 Å². The first-order chi connectivity index (χ1) is 5.75. The van der Waals surface area contributed by atoms with Crippen molar-refractivity contribution < 1.29 is 4.74 Å². The van der Waals surface area contributed by atoms with E-state index in [1.165, 1.54) is 5.56 Å². The molecule has 0 bridgehead atoms. The van der Waals surface area contributed by atoms with Gasteiger partial charge in [0.2, 0.25) is 0 Å². The number of rotatable bonds is 3. The lowest BCUT2D eigenvalue weighted by atomic mass is 10.0. The van der Waals surface area contributed by atoms with E-state index in [9.17, 15) is 0 Å². The Balaban J connectivity index is 2.92. The lowest BCUT2D eigenvalue weighted by molar-refractivity contribution is 0.334. The highest BCUT2D eigenvalue weighted by atomic mass is 16.5. The molecule has 1 nitrogen and oxygen atoms in total. The van der Waals surface area contributed by atoms with Gasteiger partial charge in [-0.1, -0.05) is 32.0 Å². The lowest BCUT2D eigenvalue weighted by Crippen LogP contribution is -1.97. The summed E-state index contributed by atoms with van der Waals surface area (Å²) in [6.07, 6.45) is 0. The standard InChI is InChI=1S/C11H15O/c1-4-12-11-8-6-5-7-10(11)9(2)3/h5-7,9H,4H2,1-3H3. The van der Waals surface area contributed by atoms with Crippen molar-refractivity contribution in [3.8, 4) is 5.75 Å². The first-order valence-electron chi connectivity index (χ1n) is 4.39. The summed E-state index contributed by atoms with van der Waals surface area (Å²) < 4.78 is 5.44. The summed E-state index contributed by atoms with van der Waals surface area (Å²) in [6, 6.07) is 9.07. The normalized spacial score (nSPS) is 10.3. The second kappa shape index (κ2) is 4.15. The summed E-state index contributed by atoms with van der Waals surface area (Å²) in [5, 5.41) is 0. The van der Waals surface area contributed by atoms with Crippen molar-refractivity contribution in [3.05, 3.63) is 29.8 Å². The molecule has 0 N–H and O–H groups in total. The van der Waals surface area contributed by atoms with E-state index < -0.39 is 0 Å². The van der Waals surface area contributed by atoms with E-state index in [1.54, 1.807) is 0 Å². The Bertz CT molecular complexity index is 241. The van der Waals surface area contributed by atoms with Crippen LogP contribution in [0, 0.1) is 6.07 Å². The van der Waals surface area contributed by atoms with Crippen molar-refractivity contribution in [2.75, 3.05) is 6.61 Å². The maximum Gasteiger partial charge on any atom is 0.130 e. The zero-order valence-corrected chi connectivity index (χ0v) is 7.92. The van der Waals surface area contributed by atoms with Gasteiger partial charge in [0.05, 0.1) is 6.61 Å². The van der Waals surface area contributed by atoms with E-state index in [4.69, 9.17) is 4.74 Å². The first kappa shape index (κ1) is 9.11. The second-order valence-electron chi connectivity index (χ2n) is 3.04. The minimum Gasteiger partial charge on any atom is -0.493 e. The topological polar surface area (TPSA) is 9.23 Å². The Hall–Kier alpha value is -0.980. The third-order valence-corrected chi connectivity index (χ3v) is 1.76. The molecular formula is C11H15O. The Kier molecular flexibility index (Phi) is 3.15. The maximum atomic E-state index is 5.44. The van der Waals surface area contributed by atoms with Gasteiger partial charge in [-0.05, 0) is 18.4 Å². The Morgan fingerprint density at radius 3 is 2.83 bits per heavy atom. The zero-order valence-electron chi connectivity index (χ0n) is 7.92. The van der Waals surface area contributed by atoms with E-state index in [-0.39, 0.29) is 0 Å². The minimum atomic E-state index is 0.504. The predicted octanol–water partition coefficient (Wildman–Crippen LogP) is 3.01. The highest BCUT2D eigenvalue weighted by Crippen LogP contribution is 2.24. The van der Waals surface area contributed by atoms with Crippen molar-refractivity contribution in [3.63, 3.8) is 0 Å². The fourth-order valence-electron chi connectivity index (χ4n) is 1.16. The fraction of sp³-hybridized carbons (Fsp3) is 0.455. The molecular weight excluding hydrogens is 148 g/mol. The summed E-state index contributed by atoms with van der Waals surface area (Å²) in [4.78, 5) is 0. The molecule has 0 atom stereocenters.